The third-order valence-electron chi connectivity index (χ3n) is 7.27. The zero-order valence-electron chi connectivity index (χ0n) is 23.3. The van der Waals surface area contributed by atoms with Crippen molar-refractivity contribution in [2.45, 2.75) is 0 Å². The van der Waals surface area contributed by atoms with Crippen LogP contribution in [0.25, 0.3) is 10.9 Å². The molecule has 4 aromatic rings. The summed E-state index contributed by atoms with van der Waals surface area (Å²) >= 11 is 0. The van der Waals surface area contributed by atoms with Crippen LogP contribution in [-0.4, -0.2) is 96.4 Å². The van der Waals surface area contributed by atoms with Crippen molar-refractivity contribution >= 4 is 45.6 Å². The van der Waals surface area contributed by atoms with Crippen LogP contribution in [0.3, 0.4) is 0 Å². The molecule has 4 N–H and O–H groups in total. The van der Waals surface area contributed by atoms with Gasteiger partial charge in [0.1, 0.15) is 5.71 Å². The molecule has 1 aliphatic heterocycles. The second-order valence-electron chi connectivity index (χ2n) is 10.1. The minimum Gasteiger partial charge on any atom is -0.494 e. The topological polar surface area (TPSA) is 140 Å². The lowest BCUT2D eigenvalue weighted by Gasteiger charge is -2.32. The van der Waals surface area contributed by atoms with Gasteiger partial charge in [-0.05, 0) is 61.6 Å². The molecule has 2 aromatic carbocycles. The number of aromatic amines is 1. The standard InChI is InChI=1S/C30H33N7O4/c1-35-12-14-37(15-13-35)18-26(38)36(2)22-8-6-21(7-9-22)33-28(25-11-5-20(31)17-32-25)27-23-16-19(30(40)41-3)4-10-24(23)34-29(27)39/h4-11,16-17,34,39H,12-15,18,31H2,1-3H3. The molecule has 0 bridgehead atoms. The van der Waals surface area contributed by atoms with E-state index in [2.05, 4.69) is 26.8 Å². The lowest BCUT2D eigenvalue weighted by Crippen LogP contribution is -2.48. The minimum atomic E-state index is -0.496. The number of piperazine rings is 1. The number of carbonyl (C=O) groups is 2. The van der Waals surface area contributed by atoms with E-state index < -0.39 is 5.97 Å². The van der Waals surface area contributed by atoms with Gasteiger partial charge in [-0.3, -0.25) is 14.7 Å². The predicted octanol–water partition coefficient (Wildman–Crippen LogP) is 3.02. The van der Waals surface area contributed by atoms with Gasteiger partial charge in [-0.2, -0.15) is 0 Å². The number of amides is 1. The number of rotatable bonds is 7. The van der Waals surface area contributed by atoms with Crippen LogP contribution >= 0.6 is 0 Å². The van der Waals surface area contributed by atoms with Crippen molar-refractivity contribution < 1.29 is 19.4 Å². The highest BCUT2D eigenvalue weighted by Crippen LogP contribution is 2.32. The van der Waals surface area contributed by atoms with E-state index in [-0.39, 0.29) is 11.8 Å². The summed E-state index contributed by atoms with van der Waals surface area (Å²) in [4.78, 5) is 43.5. The summed E-state index contributed by atoms with van der Waals surface area (Å²) < 4.78 is 4.88. The molecule has 1 aliphatic rings. The Labute approximate surface area is 237 Å². The molecule has 5 rings (SSSR count). The summed E-state index contributed by atoms with van der Waals surface area (Å²) in [7, 11) is 5.17. The van der Waals surface area contributed by atoms with Gasteiger partial charge >= 0.3 is 5.97 Å². The number of methoxy groups -OCH3 is 1. The van der Waals surface area contributed by atoms with Gasteiger partial charge in [-0.25, -0.2) is 9.79 Å². The van der Waals surface area contributed by atoms with E-state index in [0.29, 0.717) is 51.4 Å². The monoisotopic (exact) mass is 555 g/mol. The van der Waals surface area contributed by atoms with Crippen molar-refractivity contribution in [1.82, 2.24) is 19.8 Å². The zero-order valence-corrected chi connectivity index (χ0v) is 23.3. The number of pyridine rings is 1. The fourth-order valence-corrected chi connectivity index (χ4v) is 4.78. The van der Waals surface area contributed by atoms with Crippen LogP contribution in [0.2, 0.25) is 0 Å². The second-order valence-corrected chi connectivity index (χ2v) is 10.1. The van der Waals surface area contributed by atoms with Gasteiger partial charge in [0.25, 0.3) is 0 Å². The van der Waals surface area contributed by atoms with Crippen molar-refractivity contribution in [1.29, 1.82) is 0 Å². The van der Waals surface area contributed by atoms with Crippen LogP contribution < -0.4 is 10.6 Å². The number of aliphatic imine (C=N–C) groups is 1. The minimum absolute atomic E-state index is 0.0164. The van der Waals surface area contributed by atoms with Gasteiger partial charge in [0.15, 0.2) is 5.88 Å². The van der Waals surface area contributed by atoms with Gasteiger partial charge in [0.2, 0.25) is 5.91 Å². The Kier molecular flexibility index (Phi) is 7.99. The van der Waals surface area contributed by atoms with Gasteiger partial charge in [0.05, 0.1) is 48.0 Å². The number of hydrogen-bond acceptors (Lipinski definition) is 9. The number of likely N-dealkylation sites (N-methyl/N-ethyl adjacent to an activating group) is 2. The van der Waals surface area contributed by atoms with Crippen molar-refractivity contribution in [3.05, 3.63) is 77.6 Å². The number of nitrogens with two attached hydrogens (primary N) is 1. The normalized spacial score (nSPS) is 14.8. The Morgan fingerprint density at radius 1 is 1.10 bits per heavy atom. The number of nitrogen functional groups attached to an aromatic ring is 1. The molecule has 0 radical (unpaired) electrons. The number of esters is 1. The van der Waals surface area contributed by atoms with Crippen LogP contribution in [0, 0.1) is 0 Å². The molecule has 0 aliphatic carbocycles. The highest BCUT2D eigenvalue weighted by atomic mass is 16.5. The molecule has 41 heavy (non-hydrogen) atoms. The summed E-state index contributed by atoms with van der Waals surface area (Å²) in [6.45, 7) is 4.00. The fraction of sp³-hybridized carbons (Fsp3) is 0.267. The molecule has 2 aromatic heterocycles. The number of carbonyl (C=O) groups excluding carboxylic acids is 2. The summed E-state index contributed by atoms with van der Waals surface area (Å²) in [5.74, 6) is -0.600. The summed E-state index contributed by atoms with van der Waals surface area (Å²) in [6.07, 6.45) is 1.51. The molecule has 1 amide bonds. The summed E-state index contributed by atoms with van der Waals surface area (Å²) in [6, 6.07) is 15.6. The van der Waals surface area contributed by atoms with E-state index in [1.165, 1.54) is 13.3 Å². The Hall–Kier alpha value is -4.74. The predicted molar refractivity (Wildman–Crippen MR) is 159 cm³/mol. The summed E-state index contributed by atoms with van der Waals surface area (Å²) in [5, 5.41) is 11.5. The molecule has 212 valence electrons. The average Bonchev–Trinajstić information content (AvgIpc) is 3.31. The van der Waals surface area contributed by atoms with Crippen molar-refractivity contribution in [3.63, 3.8) is 0 Å². The van der Waals surface area contributed by atoms with E-state index in [4.69, 9.17) is 15.5 Å². The number of fused-ring (bicyclic) bond motifs is 1. The Bertz CT molecular complexity index is 1590. The average molecular weight is 556 g/mol. The number of anilines is 2. The van der Waals surface area contributed by atoms with Crippen molar-refractivity contribution in [3.8, 4) is 5.88 Å². The molecule has 1 fully saturated rings. The highest BCUT2D eigenvalue weighted by Gasteiger charge is 2.22. The molecule has 11 nitrogen and oxygen atoms in total. The third kappa shape index (κ3) is 6.06. The highest BCUT2D eigenvalue weighted by molar-refractivity contribution is 6.21. The van der Waals surface area contributed by atoms with Crippen LogP contribution in [0.1, 0.15) is 21.6 Å². The number of H-pyrrole nitrogens is 1. The molecular weight excluding hydrogens is 522 g/mol. The molecule has 1 saturated heterocycles. The maximum absolute atomic E-state index is 12.9. The zero-order chi connectivity index (χ0) is 29.1. The molecule has 11 heteroatoms. The van der Waals surface area contributed by atoms with Gasteiger partial charge < -0.3 is 30.4 Å². The maximum Gasteiger partial charge on any atom is 0.337 e. The number of ether oxygens (including phenoxy) is 1. The molecule has 3 heterocycles. The smallest absolute Gasteiger partial charge is 0.337 e. The molecule has 0 atom stereocenters. The Morgan fingerprint density at radius 3 is 2.49 bits per heavy atom. The largest absolute Gasteiger partial charge is 0.494 e. The first-order valence-electron chi connectivity index (χ1n) is 13.2. The lowest BCUT2D eigenvalue weighted by atomic mass is 10.0. The van der Waals surface area contributed by atoms with Crippen LogP contribution in [0.5, 0.6) is 5.88 Å². The first-order chi connectivity index (χ1) is 19.7. The number of benzene rings is 2. The van der Waals surface area contributed by atoms with Crippen LogP contribution in [0.15, 0.2) is 65.8 Å². The molecule has 0 saturated carbocycles. The van der Waals surface area contributed by atoms with Crippen molar-refractivity contribution in [2.24, 2.45) is 4.99 Å². The lowest BCUT2D eigenvalue weighted by molar-refractivity contribution is -0.119. The number of nitrogens with one attached hydrogen (secondary N) is 1. The Morgan fingerprint density at radius 2 is 1.83 bits per heavy atom. The quantitative estimate of drug-likeness (QED) is 0.234. The summed E-state index contributed by atoms with van der Waals surface area (Å²) in [5.41, 5.74) is 9.87. The number of nitrogens with zero attached hydrogens (tertiary/aromatic N) is 5. The number of hydrogen-bond donors (Lipinski definition) is 3. The SMILES string of the molecule is COC(=O)c1ccc2[nH]c(O)c(C(=Nc3ccc(N(C)C(=O)CN4CCN(C)CC4)cc3)c3ccc(N)cn3)c2c1. The number of aromatic hydroxyl groups is 1. The first kappa shape index (κ1) is 27.8. The second kappa shape index (κ2) is 11.8. The van der Waals surface area contributed by atoms with E-state index in [1.807, 2.05) is 12.1 Å². The van der Waals surface area contributed by atoms with Gasteiger partial charge in [0, 0.05) is 49.8 Å². The number of aromatic nitrogens is 2. The van der Waals surface area contributed by atoms with Crippen LogP contribution in [0.4, 0.5) is 17.1 Å². The molecule has 0 spiro atoms. The van der Waals surface area contributed by atoms with E-state index in [1.54, 1.807) is 54.4 Å². The maximum atomic E-state index is 12.9. The van der Waals surface area contributed by atoms with Gasteiger partial charge in [-0.15, -0.1) is 0 Å². The van der Waals surface area contributed by atoms with E-state index in [0.717, 1.165) is 31.9 Å². The van der Waals surface area contributed by atoms with Gasteiger partial charge in [-0.1, -0.05) is 0 Å². The van der Waals surface area contributed by atoms with E-state index >= 15 is 0 Å². The van der Waals surface area contributed by atoms with E-state index in [9.17, 15) is 14.7 Å². The van der Waals surface area contributed by atoms with Crippen molar-refractivity contribution in [2.75, 3.05) is 64.6 Å². The molecule has 0 unspecified atom stereocenters. The molecular formula is C30H33N7O4. The third-order valence-corrected chi connectivity index (χ3v) is 7.27. The van der Waals surface area contributed by atoms with Crippen LogP contribution in [-0.2, 0) is 9.53 Å². The fourth-order valence-electron chi connectivity index (χ4n) is 4.78. The Balaban J connectivity index is 1.48. The first-order valence-corrected chi connectivity index (χ1v) is 13.2.